The highest BCUT2D eigenvalue weighted by atomic mass is 32.2. The Morgan fingerprint density at radius 2 is 2.19 bits per heavy atom. The van der Waals surface area contributed by atoms with Crippen LogP contribution in [0.25, 0.3) is 17.0 Å². The van der Waals surface area contributed by atoms with Crippen LogP contribution < -0.4 is 9.86 Å². The minimum atomic E-state index is -3.81. The van der Waals surface area contributed by atoms with Gasteiger partial charge in [-0.15, -0.1) is 0 Å². The van der Waals surface area contributed by atoms with E-state index in [9.17, 15) is 13.7 Å². The maximum Gasteiger partial charge on any atom is 0.274 e. The Morgan fingerprint density at radius 1 is 1.39 bits per heavy atom. The molecular weight excluding hydrogens is 418 g/mol. The molecule has 1 heterocycles. The number of hydrogen-bond acceptors (Lipinski definition) is 7. The molecule has 2 aromatic rings. The van der Waals surface area contributed by atoms with Crippen LogP contribution in [-0.4, -0.2) is 30.8 Å². The molecule has 31 heavy (non-hydrogen) atoms. The van der Waals surface area contributed by atoms with Gasteiger partial charge >= 0.3 is 0 Å². The second-order valence-corrected chi connectivity index (χ2v) is 9.16. The molecular formula is C21H23N5O4S. The normalized spacial score (nSPS) is 20.9. The van der Waals surface area contributed by atoms with Crippen LogP contribution in [0.4, 0.5) is 0 Å². The van der Waals surface area contributed by atoms with E-state index >= 15 is 0 Å². The lowest BCUT2D eigenvalue weighted by Gasteiger charge is -2.21. The van der Waals surface area contributed by atoms with E-state index in [4.69, 9.17) is 14.4 Å². The molecule has 9 nitrogen and oxygen atoms in total. The summed E-state index contributed by atoms with van der Waals surface area (Å²) in [6.45, 7) is 3.86. The first-order valence-corrected chi connectivity index (χ1v) is 11.5. The van der Waals surface area contributed by atoms with E-state index in [0.29, 0.717) is 42.1 Å². The first-order chi connectivity index (χ1) is 14.7. The number of rotatable bonds is 6. The van der Waals surface area contributed by atoms with Crippen LogP contribution in [0, 0.1) is 11.3 Å². The number of nitrogens with two attached hydrogens (primary N) is 1. The molecule has 1 aromatic heterocycles. The Bertz CT molecular complexity index is 1210. The van der Waals surface area contributed by atoms with Crippen LogP contribution >= 0.6 is 0 Å². The van der Waals surface area contributed by atoms with E-state index in [1.807, 2.05) is 38.1 Å². The summed E-state index contributed by atoms with van der Waals surface area (Å²) in [5.74, 6) is 0.733. The Kier molecular flexibility index (Phi) is 5.77. The third-order valence-corrected chi connectivity index (χ3v) is 5.88. The minimum Gasteiger partial charge on any atom is -0.370 e. The van der Waals surface area contributed by atoms with Crippen molar-refractivity contribution in [2.75, 3.05) is 0 Å². The van der Waals surface area contributed by atoms with Gasteiger partial charge in [-0.05, 0) is 50.3 Å². The molecule has 0 aliphatic heterocycles. The van der Waals surface area contributed by atoms with Crippen molar-refractivity contribution < 1.29 is 17.7 Å². The lowest BCUT2D eigenvalue weighted by Crippen LogP contribution is -2.33. The van der Waals surface area contributed by atoms with Gasteiger partial charge in [0.1, 0.15) is 0 Å². The Hall–Kier alpha value is -2.84. The quantitative estimate of drug-likeness (QED) is 0.701. The highest BCUT2D eigenvalue weighted by Gasteiger charge is 2.29. The van der Waals surface area contributed by atoms with Gasteiger partial charge in [0.2, 0.25) is 5.82 Å². The fraction of sp³-hybridized carbons (Fsp3) is 0.381. The summed E-state index contributed by atoms with van der Waals surface area (Å²) in [7, 11) is -3.81. The van der Waals surface area contributed by atoms with E-state index < -0.39 is 10.2 Å². The molecule has 2 aliphatic carbocycles. The number of ether oxygens (including phenoxy) is 1. The molecule has 0 saturated carbocycles. The smallest absolute Gasteiger partial charge is 0.274 e. The molecule has 162 valence electrons. The van der Waals surface area contributed by atoms with Gasteiger partial charge in [-0.25, -0.2) is 5.14 Å². The average Bonchev–Trinajstić information content (AvgIpc) is 3.34. The molecule has 4 rings (SSSR count). The van der Waals surface area contributed by atoms with Crippen molar-refractivity contribution in [2.45, 2.75) is 51.4 Å². The predicted octanol–water partition coefficient (Wildman–Crippen LogP) is 2.55. The molecule has 0 saturated heterocycles. The van der Waals surface area contributed by atoms with Gasteiger partial charge in [-0.3, -0.25) is 0 Å². The predicted molar refractivity (Wildman–Crippen MR) is 113 cm³/mol. The number of nitriles is 1. The zero-order valence-electron chi connectivity index (χ0n) is 17.2. The van der Waals surface area contributed by atoms with Crippen LogP contribution in [0.15, 0.2) is 40.4 Å². The zero-order valence-corrected chi connectivity index (χ0v) is 18.0. The van der Waals surface area contributed by atoms with Crippen LogP contribution in [0.5, 0.6) is 0 Å². The van der Waals surface area contributed by atoms with Crippen LogP contribution in [0.2, 0.25) is 0 Å². The summed E-state index contributed by atoms with van der Waals surface area (Å²) in [5, 5.41) is 18.8. The lowest BCUT2D eigenvalue weighted by molar-refractivity contribution is 0.0327. The van der Waals surface area contributed by atoms with Gasteiger partial charge < -0.3 is 9.26 Å². The number of benzene rings is 1. The molecule has 2 aliphatic rings. The first kappa shape index (κ1) is 21.4. The van der Waals surface area contributed by atoms with E-state index in [0.717, 1.165) is 16.7 Å². The second-order valence-electron chi connectivity index (χ2n) is 7.83. The highest BCUT2D eigenvalue weighted by molar-refractivity contribution is 7.87. The number of allylic oxidation sites excluding steroid dienone is 2. The second kappa shape index (κ2) is 8.36. The van der Waals surface area contributed by atoms with Gasteiger partial charge in [0.05, 0.1) is 23.9 Å². The minimum absolute atomic E-state index is 0.0134. The topological polar surface area (TPSA) is 144 Å². The Morgan fingerprint density at radius 3 is 2.90 bits per heavy atom. The summed E-state index contributed by atoms with van der Waals surface area (Å²) >= 11 is 0. The molecule has 0 radical (unpaired) electrons. The maximum atomic E-state index is 11.4. The molecule has 2 atom stereocenters. The summed E-state index contributed by atoms with van der Waals surface area (Å²) in [5.41, 5.74) is 3.80. The molecule has 10 heteroatoms. The molecule has 0 fully saturated rings. The molecule has 0 bridgehead atoms. The lowest BCUT2D eigenvalue weighted by atomic mass is 9.97. The third kappa shape index (κ3) is 4.60. The molecule has 1 unspecified atom stereocenters. The van der Waals surface area contributed by atoms with E-state index in [-0.39, 0.29) is 18.2 Å². The van der Waals surface area contributed by atoms with Crippen molar-refractivity contribution in [2.24, 2.45) is 5.14 Å². The number of nitrogens with zero attached hydrogens (tertiary/aromatic N) is 3. The highest BCUT2D eigenvalue weighted by Crippen LogP contribution is 2.37. The van der Waals surface area contributed by atoms with Gasteiger partial charge in [-0.1, -0.05) is 29.4 Å². The molecule has 0 spiro atoms. The third-order valence-electron chi connectivity index (χ3n) is 5.27. The standard InChI is InChI=1S/C21H23N5O4S/c1-12(2)29-19-9-6-13(10-14(19)11-22)21-24-20(25-30-21)17-5-3-4-16-15(17)7-8-18(16)26-31(23,27)28/h3-6,10,12,18-19,26H,7-9H2,1-2H3,(H2,23,27,28)/t18-,19?/m0/s1. The van der Waals surface area contributed by atoms with Crippen molar-refractivity contribution in [3.05, 3.63) is 52.9 Å². The SMILES string of the molecule is CC(C)OC1CC=C(c2nc(-c3cccc4c3CC[C@@H]4NS(N)(=O)=O)no2)C=C1C#N. The monoisotopic (exact) mass is 441 g/mol. The van der Waals surface area contributed by atoms with Gasteiger partial charge in [0.15, 0.2) is 0 Å². The summed E-state index contributed by atoms with van der Waals surface area (Å²) in [4.78, 5) is 4.53. The average molecular weight is 442 g/mol. The van der Waals surface area contributed by atoms with Crippen LogP contribution in [-0.2, 0) is 21.4 Å². The van der Waals surface area contributed by atoms with Crippen molar-refractivity contribution in [1.82, 2.24) is 14.9 Å². The van der Waals surface area contributed by atoms with Gasteiger partial charge in [0.25, 0.3) is 16.1 Å². The number of fused-ring (bicyclic) bond motifs is 1. The van der Waals surface area contributed by atoms with Gasteiger partial charge in [0, 0.05) is 17.2 Å². The fourth-order valence-electron chi connectivity index (χ4n) is 4.03. The summed E-state index contributed by atoms with van der Waals surface area (Å²) in [6, 6.07) is 7.40. The van der Waals surface area contributed by atoms with Crippen LogP contribution in [0.3, 0.4) is 0 Å². The van der Waals surface area contributed by atoms with Crippen molar-refractivity contribution in [3.8, 4) is 17.5 Å². The summed E-state index contributed by atoms with van der Waals surface area (Å²) < 4.78 is 36.6. The maximum absolute atomic E-state index is 11.4. The number of nitrogens with one attached hydrogen (secondary N) is 1. The first-order valence-electron chi connectivity index (χ1n) is 9.98. The van der Waals surface area contributed by atoms with Crippen molar-refractivity contribution in [1.29, 1.82) is 5.26 Å². The van der Waals surface area contributed by atoms with Crippen LogP contribution in [0.1, 0.15) is 49.7 Å². The van der Waals surface area contributed by atoms with Gasteiger partial charge in [-0.2, -0.15) is 23.4 Å². The largest absolute Gasteiger partial charge is 0.370 e. The molecule has 1 aromatic carbocycles. The zero-order chi connectivity index (χ0) is 22.2. The number of hydrogen-bond donors (Lipinski definition) is 2. The fourth-order valence-corrected chi connectivity index (χ4v) is 4.67. The number of aromatic nitrogens is 2. The van der Waals surface area contributed by atoms with Crippen molar-refractivity contribution >= 4 is 15.8 Å². The van der Waals surface area contributed by atoms with E-state index in [1.54, 1.807) is 6.08 Å². The van der Waals surface area contributed by atoms with E-state index in [2.05, 4.69) is 20.9 Å². The molecule has 0 amide bonds. The Labute approximate surface area is 180 Å². The Balaban J connectivity index is 1.61. The van der Waals surface area contributed by atoms with Crippen molar-refractivity contribution in [3.63, 3.8) is 0 Å². The summed E-state index contributed by atoms with van der Waals surface area (Å²) in [6.07, 6.45) is 5.19. The molecule has 3 N–H and O–H groups in total. The van der Waals surface area contributed by atoms with E-state index in [1.165, 1.54) is 0 Å².